The summed E-state index contributed by atoms with van der Waals surface area (Å²) < 4.78 is 6.54. The standard InChI is InChI=1S/C29H28N2O4S/c1-29(2,3)17-12-13-23-25(14-17)36-26(30-23)15-24(27(32)33)31-28(34)35-16-22-20-10-6-4-8-18(20)19-9-5-7-11-21(19)22/h4-14,22,24H,15-16H2,1-3H3,(H,31,34)(H,32,33). The Hall–Kier alpha value is -3.71. The van der Waals surface area contributed by atoms with Gasteiger partial charge in [0.05, 0.1) is 15.2 Å². The first-order valence-electron chi connectivity index (χ1n) is 11.9. The molecule has 1 amide bonds. The third kappa shape index (κ3) is 4.71. The van der Waals surface area contributed by atoms with Crippen molar-refractivity contribution >= 4 is 33.6 Å². The van der Waals surface area contributed by atoms with Gasteiger partial charge in [-0.2, -0.15) is 0 Å². The Kier molecular flexibility index (Phi) is 6.26. The van der Waals surface area contributed by atoms with Crippen molar-refractivity contribution in [2.45, 2.75) is 44.6 Å². The fourth-order valence-electron chi connectivity index (χ4n) is 4.68. The van der Waals surface area contributed by atoms with E-state index in [4.69, 9.17) is 4.74 Å². The van der Waals surface area contributed by atoms with E-state index in [0.717, 1.165) is 32.5 Å². The Morgan fingerprint density at radius 1 is 1.03 bits per heavy atom. The molecule has 36 heavy (non-hydrogen) atoms. The van der Waals surface area contributed by atoms with Crippen LogP contribution in [0.4, 0.5) is 4.79 Å². The average Bonchev–Trinajstić information content (AvgIpc) is 3.39. The first kappa shape index (κ1) is 24.0. The van der Waals surface area contributed by atoms with Crippen LogP contribution in [0.5, 0.6) is 0 Å². The number of amides is 1. The number of hydrogen-bond donors (Lipinski definition) is 2. The Morgan fingerprint density at radius 3 is 2.28 bits per heavy atom. The van der Waals surface area contributed by atoms with E-state index in [1.165, 1.54) is 16.9 Å². The van der Waals surface area contributed by atoms with Gasteiger partial charge in [0.2, 0.25) is 0 Å². The fraction of sp³-hybridized carbons (Fsp3) is 0.276. The Balaban J connectivity index is 1.27. The van der Waals surface area contributed by atoms with Gasteiger partial charge in [-0.1, -0.05) is 75.4 Å². The maximum Gasteiger partial charge on any atom is 0.407 e. The van der Waals surface area contributed by atoms with Crippen molar-refractivity contribution in [1.82, 2.24) is 10.3 Å². The highest BCUT2D eigenvalue weighted by molar-refractivity contribution is 7.18. The molecule has 1 heterocycles. The average molecular weight is 501 g/mol. The van der Waals surface area contributed by atoms with Gasteiger partial charge in [0, 0.05) is 12.3 Å². The molecule has 0 radical (unpaired) electrons. The lowest BCUT2D eigenvalue weighted by Gasteiger charge is -2.18. The summed E-state index contributed by atoms with van der Waals surface area (Å²) in [4.78, 5) is 29.2. The van der Waals surface area contributed by atoms with Crippen LogP contribution in [0.3, 0.4) is 0 Å². The molecule has 1 aliphatic rings. The molecule has 1 unspecified atom stereocenters. The molecule has 5 rings (SSSR count). The number of alkyl carbamates (subject to hydrolysis) is 1. The summed E-state index contributed by atoms with van der Waals surface area (Å²) >= 11 is 1.45. The largest absolute Gasteiger partial charge is 0.480 e. The number of carbonyl (C=O) groups excluding carboxylic acids is 1. The molecular formula is C29H28N2O4S. The maximum atomic E-state index is 12.6. The van der Waals surface area contributed by atoms with Gasteiger partial charge >= 0.3 is 12.1 Å². The number of benzene rings is 3. The van der Waals surface area contributed by atoms with E-state index in [9.17, 15) is 14.7 Å². The summed E-state index contributed by atoms with van der Waals surface area (Å²) in [6, 6.07) is 21.1. The molecule has 4 aromatic rings. The Bertz CT molecular complexity index is 1410. The van der Waals surface area contributed by atoms with Gasteiger partial charge < -0.3 is 15.2 Å². The lowest BCUT2D eigenvalue weighted by Crippen LogP contribution is -2.42. The van der Waals surface area contributed by atoms with Gasteiger partial charge in [0.25, 0.3) is 0 Å². The summed E-state index contributed by atoms with van der Waals surface area (Å²) in [7, 11) is 0. The molecule has 0 fully saturated rings. The van der Waals surface area contributed by atoms with Crippen LogP contribution in [-0.2, 0) is 21.4 Å². The van der Waals surface area contributed by atoms with E-state index in [-0.39, 0.29) is 24.4 Å². The van der Waals surface area contributed by atoms with Gasteiger partial charge in [-0.15, -0.1) is 11.3 Å². The van der Waals surface area contributed by atoms with Crippen molar-refractivity contribution < 1.29 is 19.4 Å². The zero-order valence-electron chi connectivity index (χ0n) is 20.4. The number of aliphatic carboxylic acids is 1. The zero-order chi connectivity index (χ0) is 25.4. The van der Waals surface area contributed by atoms with Gasteiger partial charge in [0.1, 0.15) is 12.6 Å². The number of thiazole rings is 1. The second-order valence-corrected chi connectivity index (χ2v) is 11.2. The monoisotopic (exact) mass is 500 g/mol. The van der Waals surface area contributed by atoms with Crippen molar-refractivity contribution in [2.24, 2.45) is 0 Å². The molecule has 0 saturated carbocycles. The van der Waals surface area contributed by atoms with E-state index < -0.39 is 18.1 Å². The molecule has 184 valence electrons. The molecule has 0 spiro atoms. The third-order valence-electron chi connectivity index (χ3n) is 6.61. The quantitative estimate of drug-likeness (QED) is 0.333. The SMILES string of the molecule is CC(C)(C)c1ccc2nc(CC(NC(=O)OCC3c4ccccc4-c4ccccc43)C(=O)O)sc2c1. The van der Waals surface area contributed by atoms with Crippen molar-refractivity contribution in [3.05, 3.63) is 88.4 Å². The molecule has 0 bridgehead atoms. The Morgan fingerprint density at radius 2 is 1.67 bits per heavy atom. The normalized spacial score (nSPS) is 13.8. The summed E-state index contributed by atoms with van der Waals surface area (Å²) in [5.74, 6) is -1.22. The van der Waals surface area contributed by atoms with Crippen molar-refractivity contribution in [2.75, 3.05) is 6.61 Å². The van der Waals surface area contributed by atoms with Crippen molar-refractivity contribution in [3.63, 3.8) is 0 Å². The van der Waals surface area contributed by atoms with E-state index >= 15 is 0 Å². The number of aromatic nitrogens is 1. The van der Waals surface area contributed by atoms with E-state index in [1.807, 2.05) is 42.5 Å². The van der Waals surface area contributed by atoms with Crippen LogP contribution >= 0.6 is 11.3 Å². The molecule has 0 aliphatic heterocycles. The smallest absolute Gasteiger partial charge is 0.407 e. The van der Waals surface area contributed by atoms with Crippen LogP contribution in [0.1, 0.15) is 48.4 Å². The molecular weight excluding hydrogens is 472 g/mol. The summed E-state index contributed by atoms with van der Waals surface area (Å²) in [6.07, 6.45) is -0.663. The third-order valence-corrected chi connectivity index (χ3v) is 7.65. The van der Waals surface area contributed by atoms with E-state index in [0.29, 0.717) is 5.01 Å². The van der Waals surface area contributed by atoms with Crippen LogP contribution in [-0.4, -0.2) is 34.8 Å². The second-order valence-electron chi connectivity index (χ2n) is 10.1. The molecule has 7 heteroatoms. The number of rotatable bonds is 6. The van der Waals surface area contributed by atoms with E-state index in [2.05, 4.69) is 55.3 Å². The summed E-state index contributed by atoms with van der Waals surface area (Å²) in [6.45, 7) is 6.57. The predicted octanol–water partition coefficient (Wildman–Crippen LogP) is 6.13. The first-order chi connectivity index (χ1) is 17.2. The van der Waals surface area contributed by atoms with Crippen LogP contribution < -0.4 is 5.32 Å². The number of carbonyl (C=O) groups is 2. The van der Waals surface area contributed by atoms with Crippen LogP contribution in [0.25, 0.3) is 21.3 Å². The van der Waals surface area contributed by atoms with Crippen LogP contribution in [0.15, 0.2) is 66.7 Å². The number of fused-ring (bicyclic) bond motifs is 4. The lowest BCUT2D eigenvalue weighted by molar-refractivity contribution is -0.139. The molecule has 6 nitrogen and oxygen atoms in total. The number of carboxylic acids is 1. The summed E-state index contributed by atoms with van der Waals surface area (Å²) in [5, 5.41) is 12.9. The second kappa shape index (κ2) is 9.39. The number of hydrogen-bond acceptors (Lipinski definition) is 5. The number of nitrogens with one attached hydrogen (secondary N) is 1. The van der Waals surface area contributed by atoms with Gasteiger partial charge in [0.15, 0.2) is 0 Å². The van der Waals surface area contributed by atoms with Crippen LogP contribution in [0.2, 0.25) is 0 Å². The minimum atomic E-state index is -1.14. The maximum absolute atomic E-state index is 12.6. The predicted molar refractivity (Wildman–Crippen MR) is 142 cm³/mol. The van der Waals surface area contributed by atoms with Gasteiger partial charge in [-0.05, 0) is 45.4 Å². The first-order valence-corrected chi connectivity index (χ1v) is 12.8. The molecule has 3 aromatic carbocycles. The number of carboxylic acid groups (broad SMARTS) is 1. The molecule has 1 aliphatic carbocycles. The summed E-state index contributed by atoms with van der Waals surface area (Å²) in [5.41, 5.74) is 6.50. The molecule has 1 atom stereocenters. The highest BCUT2D eigenvalue weighted by atomic mass is 32.1. The minimum Gasteiger partial charge on any atom is -0.480 e. The number of nitrogens with zero attached hydrogens (tertiary/aromatic N) is 1. The zero-order valence-corrected chi connectivity index (χ0v) is 21.3. The van der Waals surface area contributed by atoms with Crippen LogP contribution in [0, 0.1) is 0 Å². The Labute approximate surface area is 214 Å². The highest BCUT2D eigenvalue weighted by Crippen LogP contribution is 2.44. The topological polar surface area (TPSA) is 88.5 Å². The van der Waals surface area contributed by atoms with Crippen molar-refractivity contribution in [3.8, 4) is 11.1 Å². The van der Waals surface area contributed by atoms with E-state index in [1.54, 1.807) is 0 Å². The fourth-order valence-corrected chi connectivity index (χ4v) is 5.74. The van der Waals surface area contributed by atoms with Gasteiger partial charge in [-0.3, -0.25) is 0 Å². The van der Waals surface area contributed by atoms with Gasteiger partial charge in [-0.25, -0.2) is 14.6 Å². The molecule has 2 N–H and O–H groups in total. The van der Waals surface area contributed by atoms with Crippen molar-refractivity contribution in [1.29, 1.82) is 0 Å². The highest BCUT2D eigenvalue weighted by Gasteiger charge is 2.30. The minimum absolute atomic E-state index is 0.00754. The lowest BCUT2D eigenvalue weighted by atomic mass is 9.87. The molecule has 1 aromatic heterocycles. The number of ether oxygens (including phenoxy) is 1. The molecule has 0 saturated heterocycles.